The molecule has 1 aliphatic heterocycles. The number of ether oxygens (including phenoxy) is 4. The lowest BCUT2D eigenvalue weighted by atomic mass is 10.1. The van der Waals surface area contributed by atoms with Crippen molar-refractivity contribution in [1.29, 1.82) is 0 Å². The Morgan fingerprint density at radius 1 is 0.970 bits per heavy atom. The number of rotatable bonds is 7. The minimum Gasteiger partial charge on any atom is -0.493 e. The highest BCUT2D eigenvalue weighted by Gasteiger charge is 2.31. The predicted molar refractivity (Wildman–Crippen MR) is 122 cm³/mol. The van der Waals surface area contributed by atoms with E-state index in [1.165, 1.54) is 18.2 Å². The Kier molecular flexibility index (Phi) is 8.09. The van der Waals surface area contributed by atoms with Crippen LogP contribution in [0.25, 0.3) is 0 Å². The summed E-state index contributed by atoms with van der Waals surface area (Å²) in [7, 11) is 4.73. The molecule has 0 aromatic heterocycles. The normalized spacial score (nSPS) is 14.5. The van der Waals surface area contributed by atoms with Gasteiger partial charge in [0.25, 0.3) is 0 Å². The molecule has 0 unspecified atom stereocenters. The third kappa shape index (κ3) is 6.78. The Hall–Kier alpha value is -2.92. The number of piperazine rings is 1. The monoisotopic (exact) mass is 485 g/mol. The molecule has 2 aromatic rings. The Bertz CT molecular complexity index is 941. The van der Waals surface area contributed by atoms with Gasteiger partial charge in [-0.05, 0) is 42.0 Å². The third-order valence-corrected chi connectivity index (χ3v) is 5.47. The molecule has 180 valence electrons. The van der Waals surface area contributed by atoms with Crippen LogP contribution in [-0.2, 0) is 6.54 Å². The van der Waals surface area contributed by atoms with Crippen molar-refractivity contribution in [3.63, 3.8) is 0 Å². The molecule has 33 heavy (non-hydrogen) atoms. The number of anilines is 1. The largest absolute Gasteiger partial charge is 0.573 e. The summed E-state index contributed by atoms with van der Waals surface area (Å²) in [6.07, 6.45) is -4.74. The summed E-state index contributed by atoms with van der Waals surface area (Å²) in [5.41, 5.74) is 1.46. The maximum atomic E-state index is 12.4. The van der Waals surface area contributed by atoms with E-state index in [0.717, 1.165) is 18.7 Å². The Morgan fingerprint density at radius 3 is 2.15 bits per heavy atom. The van der Waals surface area contributed by atoms with Crippen LogP contribution in [-0.4, -0.2) is 68.8 Å². The van der Waals surface area contributed by atoms with Crippen LogP contribution in [0.5, 0.6) is 23.0 Å². The number of benzene rings is 2. The number of nitrogens with one attached hydrogen (secondary N) is 1. The minimum absolute atomic E-state index is 0.300. The van der Waals surface area contributed by atoms with Crippen molar-refractivity contribution in [2.75, 3.05) is 52.8 Å². The summed E-state index contributed by atoms with van der Waals surface area (Å²) in [4.78, 5) is 4.26. The van der Waals surface area contributed by atoms with Gasteiger partial charge in [0.2, 0.25) is 5.75 Å². The molecule has 0 spiro atoms. The summed E-state index contributed by atoms with van der Waals surface area (Å²) in [6.45, 7) is 3.57. The fraction of sp³-hybridized carbons (Fsp3) is 0.409. The van der Waals surface area contributed by atoms with Crippen LogP contribution in [0.15, 0.2) is 36.4 Å². The molecule has 3 rings (SSSR count). The molecule has 1 heterocycles. The Labute approximate surface area is 196 Å². The van der Waals surface area contributed by atoms with Gasteiger partial charge >= 0.3 is 6.36 Å². The van der Waals surface area contributed by atoms with E-state index in [1.807, 2.05) is 17.0 Å². The van der Waals surface area contributed by atoms with E-state index in [9.17, 15) is 13.2 Å². The molecule has 1 fully saturated rings. The molecule has 0 amide bonds. The molecular formula is C22H26F3N3O4S. The summed E-state index contributed by atoms with van der Waals surface area (Å²) in [5.74, 6) is 1.46. The third-order valence-electron chi connectivity index (χ3n) is 5.11. The van der Waals surface area contributed by atoms with E-state index in [2.05, 4.69) is 15.0 Å². The average Bonchev–Trinajstić information content (AvgIpc) is 2.77. The molecule has 0 bridgehead atoms. The first-order chi connectivity index (χ1) is 15.7. The highest BCUT2D eigenvalue weighted by Crippen LogP contribution is 2.38. The van der Waals surface area contributed by atoms with Crippen LogP contribution in [0, 0.1) is 0 Å². The highest BCUT2D eigenvalue weighted by molar-refractivity contribution is 7.80. The fourth-order valence-electron chi connectivity index (χ4n) is 3.57. The minimum atomic E-state index is -4.74. The summed E-state index contributed by atoms with van der Waals surface area (Å²) in [6, 6.07) is 9.47. The van der Waals surface area contributed by atoms with Crippen LogP contribution in [0.1, 0.15) is 5.56 Å². The fourth-order valence-corrected chi connectivity index (χ4v) is 3.87. The van der Waals surface area contributed by atoms with Gasteiger partial charge in [0, 0.05) is 44.5 Å². The van der Waals surface area contributed by atoms with Gasteiger partial charge in [-0.3, -0.25) is 4.90 Å². The number of halogens is 3. The first-order valence-electron chi connectivity index (χ1n) is 10.2. The molecular weight excluding hydrogens is 459 g/mol. The quantitative estimate of drug-likeness (QED) is 0.588. The zero-order valence-electron chi connectivity index (χ0n) is 18.6. The van der Waals surface area contributed by atoms with E-state index < -0.39 is 6.36 Å². The molecule has 0 radical (unpaired) electrons. The van der Waals surface area contributed by atoms with Crippen LogP contribution in [0.3, 0.4) is 0 Å². The number of alkyl halides is 3. The first kappa shape index (κ1) is 24.7. The summed E-state index contributed by atoms with van der Waals surface area (Å²) in [5, 5.41) is 3.44. The molecule has 7 nitrogen and oxygen atoms in total. The van der Waals surface area contributed by atoms with Crippen molar-refractivity contribution in [3.8, 4) is 23.0 Å². The molecule has 0 atom stereocenters. The van der Waals surface area contributed by atoms with Gasteiger partial charge in [-0.25, -0.2) is 0 Å². The molecule has 1 saturated heterocycles. The van der Waals surface area contributed by atoms with Gasteiger partial charge in [-0.2, -0.15) is 0 Å². The molecule has 0 saturated carbocycles. The SMILES string of the molecule is COc1cc(CN2CCN(C(=S)Nc3cccc(OC(F)(F)F)c3)CC2)cc(OC)c1OC. The molecule has 2 aromatic carbocycles. The smallest absolute Gasteiger partial charge is 0.493 e. The van der Waals surface area contributed by atoms with Crippen molar-refractivity contribution in [3.05, 3.63) is 42.0 Å². The second-order valence-corrected chi connectivity index (χ2v) is 7.69. The van der Waals surface area contributed by atoms with Gasteiger partial charge in [0.1, 0.15) is 5.75 Å². The van der Waals surface area contributed by atoms with Gasteiger partial charge in [-0.1, -0.05) is 6.07 Å². The average molecular weight is 486 g/mol. The van der Waals surface area contributed by atoms with Crippen molar-refractivity contribution in [1.82, 2.24) is 9.80 Å². The number of nitrogens with zero attached hydrogens (tertiary/aromatic N) is 2. The van der Waals surface area contributed by atoms with Crippen molar-refractivity contribution < 1.29 is 32.1 Å². The van der Waals surface area contributed by atoms with E-state index >= 15 is 0 Å². The van der Waals surface area contributed by atoms with Gasteiger partial charge < -0.3 is 29.2 Å². The standard InChI is InChI=1S/C22H26F3N3O4S/c1-29-18-11-15(12-19(30-2)20(18)31-3)14-27-7-9-28(10-8-27)21(33)26-16-5-4-6-17(13-16)32-22(23,24)25/h4-6,11-13H,7-10,14H2,1-3H3,(H,26,33). The number of hydrogen-bond acceptors (Lipinski definition) is 6. The summed E-state index contributed by atoms with van der Waals surface area (Å²) < 4.78 is 57.5. The molecule has 11 heteroatoms. The van der Waals surface area contributed by atoms with E-state index in [4.69, 9.17) is 26.4 Å². The molecule has 1 aliphatic rings. The Balaban J connectivity index is 1.56. The maximum absolute atomic E-state index is 12.4. The van der Waals surface area contributed by atoms with Crippen molar-refractivity contribution >= 4 is 23.0 Å². The summed E-state index contributed by atoms with van der Waals surface area (Å²) >= 11 is 5.46. The Morgan fingerprint density at radius 2 is 1.61 bits per heavy atom. The van der Waals surface area contributed by atoms with Crippen molar-refractivity contribution in [2.45, 2.75) is 12.9 Å². The number of thiocarbonyl (C=S) groups is 1. The zero-order chi connectivity index (χ0) is 24.0. The maximum Gasteiger partial charge on any atom is 0.573 e. The lowest BCUT2D eigenvalue weighted by Crippen LogP contribution is -2.49. The van der Waals surface area contributed by atoms with Crippen LogP contribution < -0.4 is 24.3 Å². The highest BCUT2D eigenvalue weighted by atomic mass is 32.1. The van der Waals surface area contributed by atoms with Gasteiger partial charge in [0.05, 0.1) is 21.3 Å². The van der Waals surface area contributed by atoms with E-state index in [-0.39, 0.29) is 5.75 Å². The predicted octanol–water partition coefficient (Wildman–Crippen LogP) is 4.13. The zero-order valence-corrected chi connectivity index (χ0v) is 19.4. The second kappa shape index (κ2) is 10.8. The van der Waals surface area contributed by atoms with Crippen molar-refractivity contribution in [2.24, 2.45) is 0 Å². The van der Waals surface area contributed by atoms with Gasteiger partial charge in [0.15, 0.2) is 16.6 Å². The van der Waals surface area contributed by atoms with Gasteiger partial charge in [-0.15, -0.1) is 13.2 Å². The second-order valence-electron chi connectivity index (χ2n) is 7.30. The van der Waals surface area contributed by atoms with Crippen LogP contribution in [0.2, 0.25) is 0 Å². The molecule has 0 aliphatic carbocycles. The number of hydrogen-bond donors (Lipinski definition) is 1. The lowest BCUT2D eigenvalue weighted by Gasteiger charge is -2.36. The van der Waals surface area contributed by atoms with Crippen LogP contribution in [0.4, 0.5) is 18.9 Å². The molecule has 1 N–H and O–H groups in total. The number of methoxy groups -OCH3 is 3. The first-order valence-corrected chi connectivity index (χ1v) is 10.6. The topological polar surface area (TPSA) is 55.4 Å². The van der Waals surface area contributed by atoms with E-state index in [0.29, 0.717) is 47.7 Å². The van der Waals surface area contributed by atoms with Crippen LogP contribution >= 0.6 is 12.2 Å². The van der Waals surface area contributed by atoms with E-state index in [1.54, 1.807) is 27.4 Å². The lowest BCUT2D eigenvalue weighted by molar-refractivity contribution is -0.274.